The molecule has 2 rings (SSSR count). The van der Waals surface area contributed by atoms with Crippen LogP contribution in [0.15, 0.2) is 24.3 Å². The number of hydrogen-bond acceptors (Lipinski definition) is 5. The summed E-state index contributed by atoms with van der Waals surface area (Å²) in [4.78, 5) is 28.5. The highest BCUT2D eigenvalue weighted by Crippen LogP contribution is 2.09. The minimum Gasteiger partial charge on any atom is -0.348 e. The van der Waals surface area contributed by atoms with Gasteiger partial charge in [0.2, 0.25) is 0 Å². The van der Waals surface area contributed by atoms with Gasteiger partial charge in [0.15, 0.2) is 0 Å². The van der Waals surface area contributed by atoms with Gasteiger partial charge in [-0.1, -0.05) is 13.0 Å². The summed E-state index contributed by atoms with van der Waals surface area (Å²) in [5.74, 6) is -1.11. The van der Waals surface area contributed by atoms with E-state index in [1.807, 2.05) is 6.07 Å². The van der Waals surface area contributed by atoms with E-state index in [2.05, 4.69) is 34.4 Å². The summed E-state index contributed by atoms with van der Waals surface area (Å²) in [6.07, 6.45) is 0. The second-order valence-corrected chi connectivity index (χ2v) is 6.57. The number of amides is 2. The quantitative estimate of drug-likeness (QED) is 0.760. The largest absolute Gasteiger partial charge is 0.348 e. The Morgan fingerprint density at radius 1 is 1.24 bits per heavy atom. The normalized spacial score (nSPS) is 16.7. The summed E-state index contributed by atoms with van der Waals surface area (Å²) in [6.45, 7) is 7.60. The number of carbonyl (C=O) groups is 2. The second kappa shape index (κ2) is 9.16. The van der Waals surface area contributed by atoms with Crippen LogP contribution in [-0.4, -0.2) is 67.9 Å². The van der Waals surface area contributed by atoms with Crippen molar-refractivity contribution in [3.63, 3.8) is 0 Å². The molecule has 1 atom stereocenters. The van der Waals surface area contributed by atoms with Gasteiger partial charge >= 0.3 is 11.8 Å². The Morgan fingerprint density at radius 2 is 1.96 bits per heavy atom. The maximum atomic E-state index is 11.9. The van der Waals surface area contributed by atoms with Crippen LogP contribution in [-0.2, 0) is 9.59 Å². The lowest BCUT2D eigenvalue weighted by molar-refractivity contribution is -0.136. The lowest BCUT2D eigenvalue weighted by Crippen LogP contribution is -2.47. The van der Waals surface area contributed by atoms with Crippen LogP contribution in [0, 0.1) is 17.2 Å². The number of nitrogens with zero attached hydrogens (tertiary/aromatic N) is 3. The van der Waals surface area contributed by atoms with Crippen molar-refractivity contribution in [1.82, 2.24) is 15.1 Å². The van der Waals surface area contributed by atoms with Crippen LogP contribution in [0.5, 0.6) is 0 Å². The summed E-state index contributed by atoms with van der Waals surface area (Å²) < 4.78 is 0. The molecular formula is C18H25N5O2. The molecule has 2 N–H and O–H groups in total. The van der Waals surface area contributed by atoms with E-state index in [-0.39, 0.29) is 5.92 Å². The Balaban J connectivity index is 1.73. The van der Waals surface area contributed by atoms with E-state index in [1.165, 1.54) is 6.07 Å². The van der Waals surface area contributed by atoms with Crippen molar-refractivity contribution in [2.75, 3.05) is 51.6 Å². The Morgan fingerprint density at radius 3 is 2.64 bits per heavy atom. The molecule has 7 nitrogen and oxygen atoms in total. The fourth-order valence-electron chi connectivity index (χ4n) is 2.74. The Hall–Kier alpha value is -2.43. The van der Waals surface area contributed by atoms with E-state index < -0.39 is 11.8 Å². The number of carbonyl (C=O) groups excluding carboxylic acids is 2. The van der Waals surface area contributed by atoms with Crippen molar-refractivity contribution in [2.45, 2.75) is 6.92 Å². The number of rotatable bonds is 5. The van der Waals surface area contributed by atoms with E-state index in [4.69, 9.17) is 5.26 Å². The van der Waals surface area contributed by atoms with E-state index in [0.29, 0.717) is 17.8 Å². The first-order valence-corrected chi connectivity index (χ1v) is 8.48. The molecular weight excluding hydrogens is 318 g/mol. The molecule has 1 heterocycles. The predicted octanol–water partition coefficient (Wildman–Crippen LogP) is 0.496. The number of piperazine rings is 1. The standard InChI is InChI=1S/C18H25N5O2/c1-14(13-23-8-6-22(2)7-9-23)12-20-17(24)18(25)21-16-5-3-4-15(10-16)11-19/h3-5,10,14H,6-9,12-13H2,1-2H3,(H,20,24)(H,21,25)/t14-/m0/s1. The summed E-state index contributed by atoms with van der Waals surface area (Å²) in [5.41, 5.74) is 0.865. The van der Waals surface area contributed by atoms with Gasteiger partial charge in [0, 0.05) is 45.0 Å². The summed E-state index contributed by atoms with van der Waals surface area (Å²) in [6, 6.07) is 8.45. The molecule has 0 radical (unpaired) electrons. The van der Waals surface area contributed by atoms with Crippen LogP contribution in [0.3, 0.4) is 0 Å². The number of anilines is 1. The monoisotopic (exact) mass is 343 g/mol. The first-order valence-electron chi connectivity index (χ1n) is 8.48. The highest BCUT2D eigenvalue weighted by atomic mass is 16.2. The fourth-order valence-corrected chi connectivity index (χ4v) is 2.74. The minimum atomic E-state index is -0.720. The van der Waals surface area contributed by atoms with Gasteiger partial charge in [0.25, 0.3) is 0 Å². The smallest absolute Gasteiger partial charge is 0.313 e. The molecule has 1 aromatic carbocycles. The molecule has 0 saturated carbocycles. The molecule has 0 spiro atoms. The third-order valence-electron chi connectivity index (χ3n) is 4.23. The summed E-state index contributed by atoms with van der Waals surface area (Å²) >= 11 is 0. The molecule has 2 amide bonds. The zero-order valence-electron chi connectivity index (χ0n) is 14.8. The van der Waals surface area contributed by atoms with Crippen molar-refractivity contribution in [3.05, 3.63) is 29.8 Å². The average Bonchev–Trinajstić information content (AvgIpc) is 2.61. The van der Waals surface area contributed by atoms with Crippen LogP contribution >= 0.6 is 0 Å². The average molecular weight is 343 g/mol. The van der Waals surface area contributed by atoms with Gasteiger partial charge in [-0.15, -0.1) is 0 Å². The lowest BCUT2D eigenvalue weighted by Gasteiger charge is -2.33. The molecule has 0 bridgehead atoms. The molecule has 1 fully saturated rings. The molecule has 7 heteroatoms. The Kier molecular flexibility index (Phi) is 6.92. The molecule has 25 heavy (non-hydrogen) atoms. The third-order valence-corrected chi connectivity index (χ3v) is 4.23. The maximum absolute atomic E-state index is 11.9. The summed E-state index contributed by atoms with van der Waals surface area (Å²) in [5, 5.41) is 14.0. The molecule has 0 aromatic heterocycles. The van der Waals surface area contributed by atoms with Gasteiger partial charge in [-0.25, -0.2) is 0 Å². The summed E-state index contributed by atoms with van der Waals surface area (Å²) in [7, 11) is 2.12. The highest BCUT2D eigenvalue weighted by molar-refractivity contribution is 6.39. The van der Waals surface area contributed by atoms with Gasteiger partial charge in [0.05, 0.1) is 11.6 Å². The topological polar surface area (TPSA) is 88.5 Å². The van der Waals surface area contributed by atoms with E-state index in [1.54, 1.807) is 18.2 Å². The number of nitrogens with one attached hydrogen (secondary N) is 2. The number of likely N-dealkylation sites (N-methyl/N-ethyl adjacent to an activating group) is 1. The van der Waals surface area contributed by atoms with Crippen LogP contribution in [0.1, 0.15) is 12.5 Å². The molecule has 134 valence electrons. The number of hydrogen-bond donors (Lipinski definition) is 2. The van der Waals surface area contributed by atoms with Gasteiger partial charge in [0.1, 0.15) is 0 Å². The molecule has 1 saturated heterocycles. The SMILES string of the molecule is C[C@@H](CNC(=O)C(=O)Nc1cccc(C#N)c1)CN1CCN(C)CC1. The zero-order valence-corrected chi connectivity index (χ0v) is 14.8. The maximum Gasteiger partial charge on any atom is 0.313 e. The van der Waals surface area contributed by atoms with Gasteiger partial charge in [-0.3, -0.25) is 9.59 Å². The second-order valence-electron chi connectivity index (χ2n) is 6.57. The number of benzene rings is 1. The first-order chi connectivity index (χ1) is 12.0. The van der Waals surface area contributed by atoms with E-state index in [9.17, 15) is 9.59 Å². The zero-order chi connectivity index (χ0) is 18.2. The molecule has 0 unspecified atom stereocenters. The van der Waals surface area contributed by atoms with Gasteiger partial charge < -0.3 is 20.4 Å². The first kappa shape index (κ1) is 18.9. The van der Waals surface area contributed by atoms with Crippen LogP contribution in [0.2, 0.25) is 0 Å². The van der Waals surface area contributed by atoms with Crippen molar-refractivity contribution >= 4 is 17.5 Å². The van der Waals surface area contributed by atoms with Gasteiger partial charge in [-0.05, 0) is 31.2 Å². The van der Waals surface area contributed by atoms with Crippen LogP contribution < -0.4 is 10.6 Å². The van der Waals surface area contributed by atoms with E-state index >= 15 is 0 Å². The van der Waals surface area contributed by atoms with Crippen molar-refractivity contribution < 1.29 is 9.59 Å². The highest BCUT2D eigenvalue weighted by Gasteiger charge is 2.18. The third kappa shape index (κ3) is 6.18. The molecule has 1 aromatic rings. The molecule has 1 aliphatic rings. The van der Waals surface area contributed by atoms with Crippen LogP contribution in [0.4, 0.5) is 5.69 Å². The Bertz CT molecular complexity index is 647. The minimum absolute atomic E-state index is 0.266. The molecule has 0 aliphatic carbocycles. The Labute approximate surface area is 148 Å². The van der Waals surface area contributed by atoms with Crippen molar-refractivity contribution in [3.8, 4) is 6.07 Å². The van der Waals surface area contributed by atoms with Crippen LogP contribution in [0.25, 0.3) is 0 Å². The molecule has 1 aliphatic heterocycles. The predicted molar refractivity (Wildman–Crippen MR) is 95.9 cm³/mol. The van der Waals surface area contributed by atoms with Crippen molar-refractivity contribution in [1.29, 1.82) is 5.26 Å². The fraction of sp³-hybridized carbons (Fsp3) is 0.500. The number of nitriles is 1. The van der Waals surface area contributed by atoms with Crippen molar-refractivity contribution in [2.24, 2.45) is 5.92 Å². The van der Waals surface area contributed by atoms with Gasteiger partial charge in [-0.2, -0.15) is 5.26 Å². The lowest BCUT2D eigenvalue weighted by atomic mass is 10.1. The van der Waals surface area contributed by atoms with E-state index in [0.717, 1.165) is 32.7 Å².